The van der Waals surface area contributed by atoms with Gasteiger partial charge in [0.15, 0.2) is 6.10 Å². The zero-order valence-electron chi connectivity index (χ0n) is 15.5. The number of nitrogens with zero attached hydrogens (tertiary/aromatic N) is 2. The molecule has 2 atom stereocenters. The van der Waals surface area contributed by atoms with Gasteiger partial charge >= 0.3 is 0 Å². The highest BCUT2D eigenvalue weighted by atomic mass is 35.5. The van der Waals surface area contributed by atoms with E-state index in [2.05, 4.69) is 22.2 Å². The second kappa shape index (κ2) is 6.79. The number of H-pyrrole nitrogens is 1. The van der Waals surface area contributed by atoms with Gasteiger partial charge < -0.3 is 19.9 Å². The molecule has 1 aromatic carbocycles. The summed E-state index contributed by atoms with van der Waals surface area (Å²) in [5, 5.41) is 4.96. The summed E-state index contributed by atoms with van der Waals surface area (Å²) < 4.78 is 6.24. The van der Waals surface area contributed by atoms with E-state index in [1.807, 2.05) is 35.4 Å². The van der Waals surface area contributed by atoms with Crippen molar-refractivity contribution in [2.75, 3.05) is 19.6 Å². The smallest absolute Gasteiger partial charge is 0.264 e. The summed E-state index contributed by atoms with van der Waals surface area (Å²) in [6.45, 7) is 4.40. The van der Waals surface area contributed by atoms with E-state index in [1.165, 1.54) is 0 Å². The first kappa shape index (κ1) is 17.5. The van der Waals surface area contributed by atoms with Crippen molar-refractivity contribution in [1.82, 2.24) is 20.2 Å². The lowest BCUT2D eigenvalue weighted by Crippen LogP contribution is -2.55. The molecule has 0 unspecified atom stereocenters. The molecular weight excluding hydrogens is 376 g/mol. The van der Waals surface area contributed by atoms with Gasteiger partial charge in [-0.15, -0.1) is 0 Å². The fraction of sp³-hybridized carbons (Fsp3) is 0.333. The maximum atomic E-state index is 13.1. The van der Waals surface area contributed by atoms with E-state index in [1.54, 1.807) is 6.20 Å². The minimum absolute atomic E-state index is 0.0498. The van der Waals surface area contributed by atoms with Crippen molar-refractivity contribution >= 4 is 28.5 Å². The number of halogens is 1. The Balaban J connectivity index is 1.52. The van der Waals surface area contributed by atoms with E-state index in [9.17, 15) is 4.79 Å². The van der Waals surface area contributed by atoms with Crippen LogP contribution >= 0.6 is 11.6 Å². The molecular formula is C21H21ClN4O2. The highest BCUT2D eigenvalue weighted by molar-refractivity contribution is 6.31. The van der Waals surface area contributed by atoms with Crippen LogP contribution in [0.15, 0.2) is 36.7 Å². The summed E-state index contributed by atoms with van der Waals surface area (Å²) >= 11 is 6.42. The predicted octanol–water partition coefficient (Wildman–Crippen LogP) is 3.01. The third-order valence-electron chi connectivity index (χ3n) is 5.61. The van der Waals surface area contributed by atoms with Crippen molar-refractivity contribution in [2.24, 2.45) is 0 Å². The zero-order valence-corrected chi connectivity index (χ0v) is 16.3. The number of amides is 1. The number of fused-ring (bicyclic) bond motifs is 2. The van der Waals surface area contributed by atoms with Gasteiger partial charge in [-0.2, -0.15) is 0 Å². The van der Waals surface area contributed by atoms with Crippen molar-refractivity contribution in [1.29, 1.82) is 0 Å². The summed E-state index contributed by atoms with van der Waals surface area (Å²) in [5.74, 6) is 0.799. The van der Waals surface area contributed by atoms with Gasteiger partial charge in [0, 0.05) is 66.0 Å². The fourth-order valence-corrected chi connectivity index (χ4v) is 4.45. The van der Waals surface area contributed by atoms with Crippen LogP contribution in [0.4, 0.5) is 0 Å². The number of ether oxygens (including phenoxy) is 1. The van der Waals surface area contributed by atoms with Gasteiger partial charge in [-0.1, -0.05) is 11.6 Å². The van der Waals surface area contributed by atoms with Gasteiger partial charge in [-0.05, 0) is 36.8 Å². The van der Waals surface area contributed by atoms with E-state index < -0.39 is 6.10 Å². The molecule has 0 saturated carbocycles. The normalized spacial score (nSPS) is 21.6. The summed E-state index contributed by atoms with van der Waals surface area (Å²) in [4.78, 5) is 22.5. The van der Waals surface area contributed by atoms with Crippen molar-refractivity contribution < 1.29 is 9.53 Å². The fourth-order valence-electron chi connectivity index (χ4n) is 4.21. The molecule has 0 aliphatic carbocycles. The molecule has 0 radical (unpaired) electrons. The minimum Gasteiger partial charge on any atom is -0.479 e. The quantitative estimate of drug-likeness (QED) is 0.698. The summed E-state index contributed by atoms with van der Waals surface area (Å²) in [5.41, 5.74) is 3.68. The molecule has 2 aromatic heterocycles. The standard InChI is InChI=1S/C21H21ClN4O2/c1-12-11-23-6-7-26(12)21(27)18-9-13-8-14(22)10-17(19(13)28-18)15-2-4-24-20-16(15)3-5-25-20/h2-5,8,10,12,18,23H,6-7,9,11H2,1H3,(H,24,25)/t12-,18+/m0/s1. The van der Waals surface area contributed by atoms with E-state index in [4.69, 9.17) is 16.3 Å². The number of aromatic nitrogens is 2. The molecule has 28 heavy (non-hydrogen) atoms. The van der Waals surface area contributed by atoms with Crippen LogP contribution < -0.4 is 10.1 Å². The lowest BCUT2D eigenvalue weighted by atomic mass is 9.99. The van der Waals surface area contributed by atoms with Gasteiger partial charge in [0.25, 0.3) is 5.91 Å². The molecule has 2 aliphatic rings. The molecule has 0 spiro atoms. The highest BCUT2D eigenvalue weighted by Gasteiger charge is 2.36. The van der Waals surface area contributed by atoms with Crippen molar-refractivity contribution in [2.45, 2.75) is 25.5 Å². The Morgan fingerprint density at radius 3 is 3.07 bits per heavy atom. The van der Waals surface area contributed by atoms with Crippen LogP contribution in [0.1, 0.15) is 12.5 Å². The number of pyridine rings is 1. The maximum absolute atomic E-state index is 13.1. The number of carbonyl (C=O) groups excluding carboxylic acids is 1. The second-order valence-corrected chi connectivity index (χ2v) is 7.87. The van der Waals surface area contributed by atoms with E-state index in [0.717, 1.165) is 46.6 Å². The molecule has 1 amide bonds. The monoisotopic (exact) mass is 396 g/mol. The third-order valence-corrected chi connectivity index (χ3v) is 5.82. The number of carbonyl (C=O) groups is 1. The summed E-state index contributed by atoms with van der Waals surface area (Å²) in [7, 11) is 0. The number of piperazine rings is 1. The van der Waals surface area contributed by atoms with Gasteiger partial charge in [-0.3, -0.25) is 4.79 Å². The molecule has 2 aliphatic heterocycles. The lowest BCUT2D eigenvalue weighted by molar-refractivity contribution is -0.140. The first-order chi connectivity index (χ1) is 13.6. The zero-order chi connectivity index (χ0) is 19.3. The molecule has 2 N–H and O–H groups in total. The van der Waals surface area contributed by atoms with Crippen LogP contribution in [0.3, 0.4) is 0 Å². The Morgan fingerprint density at radius 2 is 2.21 bits per heavy atom. The highest BCUT2D eigenvalue weighted by Crippen LogP contribution is 2.43. The number of aromatic amines is 1. The Bertz CT molecular complexity index is 1060. The van der Waals surface area contributed by atoms with E-state index in [-0.39, 0.29) is 11.9 Å². The van der Waals surface area contributed by atoms with Crippen LogP contribution in [-0.2, 0) is 11.2 Å². The van der Waals surface area contributed by atoms with E-state index >= 15 is 0 Å². The summed E-state index contributed by atoms with van der Waals surface area (Å²) in [6, 6.07) is 7.92. The Labute approximate surface area is 167 Å². The van der Waals surface area contributed by atoms with Crippen molar-refractivity contribution in [3.8, 4) is 16.9 Å². The number of hydrogen-bond donors (Lipinski definition) is 2. The molecule has 5 rings (SSSR count). The molecule has 4 heterocycles. The van der Waals surface area contributed by atoms with Crippen LogP contribution in [0.25, 0.3) is 22.2 Å². The van der Waals surface area contributed by atoms with Gasteiger partial charge in [0.1, 0.15) is 11.4 Å². The molecule has 6 nitrogen and oxygen atoms in total. The largest absolute Gasteiger partial charge is 0.479 e. The predicted molar refractivity (Wildman–Crippen MR) is 109 cm³/mol. The van der Waals surface area contributed by atoms with Crippen LogP contribution in [-0.4, -0.2) is 52.6 Å². The average Bonchev–Trinajstić information content (AvgIpc) is 3.33. The Kier molecular flexibility index (Phi) is 4.25. The molecule has 1 saturated heterocycles. The first-order valence-corrected chi connectivity index (χ1v) is 9.92. The first-order valence-electron chi connectivity index (χ1n) is 9.54. The number of benzene rings is 1. The Morgan fingerprint density at radius 1 is 1.32 bits per heavy atom. The van der Waals surface area contributed by atoms with E-state index in [0.29, 0.717) is 18.0 Å². The van der Waals surface area contributed by atoms with Gasteiger partial charge in [-0.25, -0.2) is 4.98 Å². The topological polar surface area (TPSA) is 70.2 Å². The average molecular weight is 397 g/mol. The van der Waals surface area contributed by atoms with Crippen LogP contribution in [0, 0.1) is 0 Å². The van der Waals surface area contributed by atoms with Crippen molar-refractivity contribution in [3.05, 3.63) is 47.2 Å². The van der Waals surface area contributed by atoms with Crippen molar-refractivity contribution in [3.63, 3.8) is 0 Å². The second-order valence-electron chi connectivity index (χ2n) is 7.44. The minimum atomic E-state index is -0.503. The van der Waals surface area contributed by atoms with Crippen LogP contribution in [0.2, 0.25) is 5.02 Å². The van der Waals surface area contributed by atoms with Crippen LogP contribution in [0.5, 0.6) is 5.75 Å². The molecule has 1 fully saturated rings. The van der Waals surface area contributed by atoms with Gasteiger partial charge in [0.05, 0.1) is 0 Å². The number of rotatable bonds is 2. The molecule has 3 aromatic rings. The lowest BCUT2D eigenvalue weighted by Gasteiger charge is -2.35. The number of hydrogen-bond acceptors (Lipinski definition) is 4. The molecule has 0 bridgehead atoms. The Hall–Kier alpha value is -2.57. The molecule has 7 heteroatoms. The maximum Gasteiger partial charge on any atom is 0.264 e. The van der Waals surface area contributed by atoms with Gasteiger partial charge in [0.2, 0.25) is 0 Å². The third kappa shape index (κ3) is 2.84. The molecule has 144 valence electrons. The summed E-state index contributed by atoms with van der Waals surface area (Å²) in [6.07, 6.45) is 3.67. The number of nitrogens with one attached hydrogen (secondary N) is 2. The SMILES string of the molecule is C[C@H]1CNCCN1C(=O)[C@H]1Cc2cc(Cl)cc(-c3ccnc4[nH]ccc34)c2O1.